The van der Waals surface area contributed by atoms with Crippen molar-refractivity contribution in [2.24, 2.45) is 0 Å². The van der Waals surface area contributed by atoms with Crippen LogP contribution in [0.4, 0.5) is 0 Å². The summed E-state index contributed by atoms with van der Waals surface area (Å²) in [5.41, 5.74) is 4.51. The van der Waals surface area contributed by atoms with Gasteiger partial charge in [0.05, 0.1) is 11.9 Å². The number of piperidine rings is 2. The van der Waals surface area contributed by atoms with Crippen molar-refractivity contribution < 1.29 is 13.2 Å². The Labute approximate surface area is 234 Å². The lowest BCUT2D eigenvalue weighted by molar-refractivity contribution is 0.0542. The first-order chi connectivity index (χ1) is 18.3. The third-order valence-corrected chi connectivity index (χ3v) is 9.68. The molecule has 0 atom stereocenters. The summed E-state index contributed by atoms with van der Waals surface area (Å²) in [4.78, 5) is 26.6. The van der Waals surface area contributed by atoms with Gasteiger partial charge in [-0.2, -0.15) is 0 Å². The SMILES string of the molecule is Cc1c(C=Cc2ccc(C(C)(C)C)cc2)ncnc1C(=O)N1CCC(N2CCC(N(C)S(C)(=O)=O)CC2)CC1. The van der Waals surface area contributed by atoms with Crippen molar-refractivity contribution in [2.75, 3.05) is 39.5 Å². The first-order valence-electron chi connectivity index (χ1n) is 13.9. The van der Waals surface area contributed by atoms with Crippen LogP contribution in [0.1, 0.15) is 79.3 Å². The second-order valence-corrected chi connectivity index (χ2v) is 14.0. The van der Waals surface area contributed by atoms with E-state index in [1.807, 2.05) is 24.0 Å². The standard InChI is InChI=1S/C30H43N5O3S/c1-22-27(12-9-23-7-10-24(11-8-23)30(2,3)4)31-21-32-28(22)29(36)35-19-15-26(16-20-35)34-17-13-25(14-18-34)33(5)39(6,37)38/h7-12,21,25-26H,13-20H2,1-6H3. The minimum atomic E-state index is -3.16. The maximum absolute atomic E-state index is 13.4. The van der Waals surface area contributed by atoms with Crippen LogP contribution in [0.25, 0.3) is 12.2 Å². The topological polar surface area (TPSA) is 86.7 Å². The first-order valence-corrected chi connectivity index (χ1v) is 15.8. The first kappa shape index (κ1) is 29.4. The summed E-state index contributed by atoms with van der Waals surface area (Å²) in [5, 5.41) is 0. The van der Waals surface area contributed by atoms with E-state index in [0.29, 0.717) is 24.8 Å². The summed E-state index contributed by atoms with van der Waals surface area (Å²) < 4.78 is 25.3. The van der Waals surface area contributed by atoms with Crippen molar-refractivity contribution in [2.45, 2.75) is 70.9 Å². The number of nitrogens with zero attached hydrogens (tertiary/aromatic N) is 5. The second kappa shape index (κ2) is 11.9. The zero-order valence-electron chi connectivity index (χ0n) is 24.2. The molecule has 9 heteroatoms. The molecule has 4 rings (SSSR count). The van der Waals surface area contributed by atoms with Crippen molar-refractivity contribution in [3.05, 3.63) is 58.7 Å². The normalized spacial score (nSPS) is 18.8. The molecule has 1 aromatic carbocycles. The van der Waals surface area contributed by atoms with Gasteiger partial charge < -0.3 is 9.80 Å². The van der Waals surface area contributed by atoms with Gasteiger partial charge in [0.15, 0.2) is 0 Å². The number of hydrogen-bond donors (Lipinski definition) is 0. The number of carbonyl (C=O) groups excluding carboxylic acids is 1. The lowest BCUT2D eigenvalue weighted by atomic mass is 9.87. The number of aromatic nitrogens is 2. The third kappa shape index (κ3) is 7.13. The Bertz CT molecular complexity index is 1280. The van der Waals surface area contributed by atoms with Crippen molar-refractivity contribution in [1.82, 2.24) is 24.1 Å². The molecule has 2 aliphatic heterocycles. The molecule has 0 unspecified atom stereocenters. The number of amides is 1. The molecule has 2 saturated heterocycles. The van der Waals surface area contributed by atoms with Gasteiger partial charge in [0.25, 0.3) is 5.91 Å². The summed E-state index contributed by atoms with van der Waals surface area (Å²) in [6.45, 7) is 11.7. The molecular weight excluding hydrogens is 510 g/mol. The molecule has 0 spiro atoms. The van der Waals surface area contributed by atoms with E-state index in [0.717, 1.165) is 55.6 Å². The van der Waals surface area contributed by atoms with Gasteiger partial charge in [-0.1, -0.05) is 51.1 Å². The van der Waals surface area contributed by atoms with Crippen LogP contribution in [0.15, 0.2) is 30.6 Å². The average molecular weight is 554 g/mol. The van der Waals surface area contributed by atoms with Gasteiger partial charge in [0, 0.05) is 37.8 Å². The number of carbonyl (C=O) groups is 1. The van der Waals surface area contributed by atoms with Crippen LogP contribution in [0, 0.1) is 6.92 Å². The average Bonchev–Trinajstić information content (AvgIpc) is 2.91. The van der Waals surface area contributed by atoms with Gasteiger partial charge in [-0.15, -0.1) is 0 Å². The van der Waals surface area contributed by atoms with Gasteiger partial charge >= 0.3 is 0 Å². The smallest absolute Gasteiger partial charge is 0.272 e. The minimum Gasteiger partial charge on any atom is -0.337 e. The molecule has 0 bridgehead atoms. The van der Waals surface area contributed by atoms with Crippen LogP contribution in [0.3, 0.4) is 0 Å². The fraction of sp³-hybridized carbons (Fsp3) is 0.567. The highest BCUT2D eigenvalue weighted by molar-refractivity contribution is 7.88. The lowest BCUT2D eigenvalue weighted by Gasteiger charge is -2.43. The molecule has 212 valence electrons. The second-order valence-electron chi connectivity index (χ2n) is 12.0. The molecule has 1 amide bonds. The van der Waals surface area contributed by atoms with Crippen molar-refractivity contribution in [1.29, 1.82) is 0 Å². The highest BCUT2D eigenvalue weighted by atomic mass is 32.2. The quantitative estimate of drug-likeness (QED) is 0.533. The number of likely N-dealkylation sites (tertiary alicyclic amines) is 2. The molecule has 0 aliphatic carbocycles. The van der Waals surface area contributed by atoms with E-state index in [1.165, 1.54) is 22.5 Å². The summed E-state index contributed by atoms with van der Waals surface area (Å²) in [7, 11) is -1.48. The molecule has 8 nitrogen and oxygen atoms in total. The van der Waals surface area contributed by atoms with E-state index in [9.17, 15) is 13.2 Å². The Morgan fingerprint density at radius 3 is 2.15 bits per heavy atom. The van der Waals surface area contributed by atoms with E-state index in [1.54, 1.807) is 7.05 Å². The number of benzene rings is 1. The predicted octanol–water partition coefficient (Wildman–Crippen LogP) is 4.21. The van der Waals surface area contributed by atoms with E-state index < -0.39 is 10.0 Å². The Morgan fingerprint density at radius 2 is 1.59 bits per heavy atom. The summed E-state index contributed by atoms with van der Waals surface area (Å²) in [6, 6.07) is 9.02. The van der Waals surface area contributed by atoms with E-state index in [4.69, 9.17) is 0 Å². The molecule has 2 fully saturated rings. The highest BCUT2D eigenvalue weighted by Gasteiger charge is 2.33. The van der Waals surface area contributed by atoms with Crippen LogP contribution in [0.2, 0.25) is 0 Å². The monoisotopic (exact) mass is 553 g/mol. The molecule has 39 heavy (non-hydrogen) atoms. The number of hydrogen-bond acceptors (Lipinski definition) is 6. The van der Waals surface area contributed by atoms with Gasteiger partial charge in [-0.25, -0.2) is 22.7 Å². The molecule has 2 aromatic rings. The largest absolute Gasteiger partial charge is 0.337 e. The lowest BCUT2D eigenvalue weighted by Crippen LogP contribution is -2.52. The van der Waals surface area contributed by atoms with E-state index in [-0.39, 0.29) is 17.4 Å². The van der Waals surface area contributed by atoms with Crippen molar-refractivity contribution >= 4 is 28.1 Å². The Kier molecular flexibility index (Phi) is 8.93. The van der Waals surface area contributed by atoms with Crippen LogP contribution in [0.5, 0.6) is 0 Å². The molecule has 3 heterocycles. The Hall–Kier alpha value is -2.62. The van der Waals surface area contributed by atoms with Gasteiger partial charge in [0.2, 0.25) is 10.0 Å². The zero-order chi connectivity index (χ0) is 28.4. The summed E-state index contributed by atoms with van der Waals surface area (Å²) >= 11 is 0. The highest BCUT2D eigenvalue weighted by Crippen LogP contribution is 2.26. The summed E-state index contributed by atoms with van der Waals surface area (Å²) in [5.74, 6) is -0.0361. The third-order valence-electron chi connectivity index (χ3n) is 8.34. The fourth-order valence-corrected chi connectivity index (χ4v) is 6.34. The van der Waals surface area contributed by atoms with Gasteiger partial charge in [0.1, 0.15) is 12.0 Å². The molecule has 0 radical (unpaired) electrons. The maximum Gasteiger partial charge on any atom is 0.272 e. The number of rotatable bonds is 6. The van der Waals surface area contributed by atoms with Gasteiger partial charge in [-0.3, -0.25) is 4.79 Å². The van der Waals surface area contributed by atoms with Gasteiger partial charge in [-0.05, 0) is 68.3 Å². The van der Waals surface area contributed by atoms with Crippen molar-refractivity contribution in [3.8, 4) is 0 Å². The van der Waals surface area contributed by atoms with Crippen LogP contribution in [-0.2, 0) is 15.4 Å². The molecular formula is C30H43N5O3S. The number of sulfonamides is 1. The zero-order valence-corrected chi connectivity index (χ0v) is 25.0. The maximum atomic E-state index is 13.4. The van der Waals surface area contributed by atoms with Crippen LogP contribution >= 0.6 is 0 Å². The van der Waals surface area contributed by atoms with Crippen LogP contribution < -0.4 is 0 Å². The molecule has 1 aromatic heterocycles. The van der Waals surface area contributed by atoms with E-state index >= 15 is 0 Å². The fourth-order valence-electron chi connectivity index (χ4n) is 5.59. The summed E-state index contributed by atoms with van der Waals surface area (Å²) in [6.07, 6.45) is 10.3. The molecule has 0 N–H and O–H groups in total. The molecule has 0 saturated carbocycles. The molecule has 2 aliphatic rings. The Morgan fingerprint density at radius 1 is 0.974 bits per heavy atom. The van der Waals surface area contributed by atoms with E-state index in [2.05, 4.69) is 59.9 Å². The predicted molar refractivity (Wildman–Crippen MR) is 157 cm³/mol. The Balaban J connectivity index is 1.34. The minimum absolute atomic E-state index is 0.0361. The van der Waals surface area contributed by atoms with Crippen molar-refractivity contribution in [3.63, 3.8) is 0 Å². The van der Waals surface area contributed by atoms with Crippen LogP contribution in [-0.4, -0.2) is 90.0 Å².